The molecule has 0 saturated carbocycles. The minimum Gasteiger partial charge on any atom is -0.496 e. The van der Waals surface area contributed by atoms with Crippen molar-refractivity contribution >= 4 is 57.9 Å². The second kappa shape index (κ2) is 7.50. The number of carbonyl (C=O) groups is 1. The van der Waals surface area contributed by atoms with Crippen LogP contribution in [0.4, 0.5) is 11.4 Å². The predicted octanol–water partition coefficient (Wildman–Crippen LogP) is 4.51. The fourth-order valence-corrected chi connectivity index (χ4v) is 2.47. The van der Waals surface area contributed by atoms with E-state index in [1.165, 1.54) is 19.2 Å². The van der Waals surface area contributed by atoms with Crippen molar-refractivity contribution in [2.24, 2.45) is 0 Å². The predicted molar refractivity (Wildman–Crippen MR) is 96.3 cm³/mol. The quantitative estimate of drug-likeness (QED) is 0.687. The number of anilines is 2. The molecular weight excluding hydrogens is 359 g/mol. The summed E-state index contributed by atoms with van der Waals surface area (Å²) in [4.78, 5) is 11.1. The first-order valence-electron chi connectivity index (χ1n) is 6.35. The third kappa shape index (κ3) is 4.48. The topological polar surface area (TPSA) is 70.6 Å². The lowest BCUT2D eigenvalue weighted by atomic mass is 10.2. The van der Waals surface area contributed by atoms with Crippen LogP contribution in [0.2, 0.25) is 10.0 Å². The summed E-state index contributed by atoms with van der Waals surface area (Å²) in [5.41, 5.74) is 1.10. The molecule has 8 heteroatoms. The number of methoxy groups -OCH3 is 1. The molecule has 0 aliphatic heterocycles. The van der Waals surface area contributed by atoms with Gasteiger partial charge in [-0.05, 0) is 36.5 Å². The van der Waals surface area contributed by atoms with Gasteiger partial charge in [-0.2, -0.15) is 0 Å². The number of halogens is 2. The molecule has 0 aliphatic rings. The van der Waals surface area contributed by atoms with Crippen molar-refractivity contribution in [3.63, 3.8) is 0 Å². The minimum atomic E-state index is -1.13. The molecule has 0 amide bonds. The zero-order valence-corrected chi connectivity index (χ0v) is 14.2. The molecule has 0 bridgehead atoms. The van der Waals surface area contributed by atoms with Crippen LogP contribution in [0.1, 0.15) is 10.4 Å². The molecule has 23 heavy (non-hydrogen) atoms. The van der Waals surface area contributed by atoms with E-state index < -0.39 is 5.97 Å². The highest BCUT2D eigenvalue weighted by Gasteiger charge is 2.15. The smallest absolute Gasteiger partial charge is 0.339 e. The lowest BCUT2D eigenvalue weighted by Crippen LogP contribution is -2.19. The number of carboxylic acid groups (broad SMARTS) is 1. The molecule has 2 aromatic rings. The second-order valence-corrected chi connectivity index (χ2v) is 5.68. The van der Waals surface area contributed by atoms with Crippen LogP contribution in [0.15, 0.2) is 36.4 Å². The summed E-state index contributed by atoms with van der Waals surface area (Å²) in [6.45, 7) is 0. The van der Waals surface area contributed by atoms with Crippen LogP contribution in [0.25, 0.3) is 0 Å². The lowest BCUT2D eigenvalue weighted by Gasteiger charge is -2.14. The van der Waals surface area contributed by atoms with E-state index in [2.05, 4.69) is 10.6 Å². The van der Waals surface area contributed by atoms with Crippen molar-refractivity contribution in [1.82, 2.24) is 0 Å². The molecule has 0 aliphatic carbocycles. The van der Waals surface area contributed by atoms with Gasteiger partial charge in [-0.25, -0.2) is 4.79 Å². The van der Waals surface area contributed by atoms with E-state index in [9.17, 15) is 4.79 Å². The first kappa shape index (κ1) is 17.3. The van der Waals surface area contributed by atoms with Crippen LogP contribution in [0.3, 0.4) is 0 Å². The Hall–Kier alpha value is -2.02. The summed E-state index contributed by atoms with van der Waals surface area (Å²) >= 11 is 17.2. The van der Waals surface area contributed by atoms with E-state index in [0.29, 0.717) is 16.4 Å². The summed E-state index contributed by atoms with van der Waals surface area (Å²) in [6, 6.07) is 9.81. The second-order valence-electron chi connectivity index (χ2n) is 4.43. The molecule has 0 unspecified atom stereocenters. The number of hydrogen-bond donors (Lipinski definition) is 3. The Labute approximate surface area is 148 Å². The third-order valence-electron chi connectivity index (χ3n) is 2.85. The normalized spacial score (nSPS) is 10.0. The van der Waals surface area contributed by atoms with Gasteiger partial charge < -0.3 is 20.5 Å². The molecule has 2 rings (SSSR count). The number of thiocarbonyl (C=S) groups is 1. The monoisotopic (exact) mass is 370 g/mol. The molecule has 0 atom stereocenters. The van der Waals surface area contributed by atoms with E-state index in [4.69, 9.17) is 45.3 Å². The Morgan fingerprint density at radius 3 is 2.57 bits per heavy atom. The molecule has 0 fully saturated rings. The van der Waals surface area contributed by atoms with Gasteiger partial charge in [0, 0.05) is 16.8 Å². The van der Waals surface area contributed by atoms with Crippen LogP contribution in [-0.4, -0.2) is 23.3 Å². The Morgan fingerprint density at radius 1 is 1.22 bits per heavy atom. The van der Waals surface area contributed by atoms with E-state index in [1.807, 2.05) is 0 Å². The fraction of sp³-hybridized carbons (Fsp3) is 0.0667. The molecule has 0 saturated heterocycles. The van der Waals surface area contributed by atoms with Crippen molar-refractivity contribution in [1.29, 1.82) is 0 Å². The van der Waals surface area contributed by atoms with Crippen LogP contribution in [0, 0.1) is 0 Å². The van der Waals surface area contributed by atoms with Crippen molar-refractivity contribution in [2.75, 3.05) is 17.7 Å². The number of hydrogen-bond acceptors (Lipinski definition) is 3. The highest BCUT2D eigenvalue weighted by atomic mass is 35.5. The Balaban J connectivity index is 2.19. The van der Waals surface area contributed by atoms with Gasteiger partial charge in [-0.3, -0.25) is 0 Å². The fourth-order valence-electron chi connectivity index (χ4n) is 1.84. The van der Waals surface area contributed by atoms with E-state index in [0.717, 1.165) is 0 Å². The summed E-state index contributed by atoms with van der Waals surface area (Å²) in [6.07, 6.45) is 0. The van der Waals surface area contributed by atoms with Crippen LogP contribution < -0.4 is 15.4 Å². The van der Waals surface area contributed by atoms with Gasteiger partial charge in [0.05, 0.1) is 17.8 Å². The average Bonchev–Trinajstić information content (AvgIpc) is 2.48. The number of carboxylic acids is 1. The molecule has 0 spiro atoms. The molecule has 3 N–H and O–H groups in total. The number of benzene rings is 2. The third-order valence-corrected chi connectivity index (χ3v) is 3.60. The van der Waals surface area contributed by atoms with Crippen molar-refractivity contribution < 1.29 is 14.6 Å². The molecule has 0 heterocycles. The zero-order valence-electron chi connectivity index (χ0n) is 11.9. The Kier molecular flexibility index (Phi) is 5.65. The lowest BCUT2D eigenvalue weighted by molar-refractivity contribution is 0.0693. The van der Waals surface area contributed by atoms with Gasteiger partial charge in [0.15, 0.2) is 5.11 Å². The minimum absolute atomic E-state index is 0.0308. The molecule has 2 aromatic carbocycles. The first-order chi connectivity index (χ1) is 10.9. The first-order valence-corrected chi connectivity index (χ1v) is 7.51. The van der Waals surface area contributed by atoms with Crippen LogP contribution >= 0.6 is 35.4 Å². The Bertz CT molecular complexity index is 768. The van der Waals surface area contributed by atoms with Gasteiger partial charge in [0.2, 0.25) is 0 Å². The number of ether oxygens (including phenoxy) is 1. The van der Waals surface area contributed by atoms with E-state index in [1.54, 1.807) is 24.3 Å². The van der Waals surface area contributed by atoms with Crippen molar-refractivity contribution in [2.45, 2.75) is 0 Å². The Morgan fingerprint density at radius 2 is 1.96 bits per heavy atom. The summed E-state index contributed by atoms with van der Waals surface area (Å²) < 4.78 is 5.06. The maximum absolute atomic E-state index is 11.1. The van der Waals surface area contributed by atoms with Crippen molar-refractivity contribution in [3.05, 3.63) is 52.0 Å². The van der Waals surface area contributed by atoms with Gasteiger partial charge in [0.1, 0.15) is 11.3 Å². The number of aromatic carboxylic acids is 1. The van der Waals surface area contributed by atoms with Gasteiger partial charge in [0.25, 0.3) is 0 Å². The van der Waals surface area contributed by atoms with Gasteiger partial charge in [-0.1, -0.05) is 29.3 Å². The van der Waals surface area contributed by atoms with E-state index in [-0.39, 0.29) is 21.4 Å². The van der Waals surface area contributed by atoms with Crippen LogP contribution in [-0.2, 0) is 0 Å². The zero-order chi connectivity index (χ0) is 17.0. The summed E-state index contributed by atoms with van der Waals surface area (Å²) in [5.74, 6) is -0.954. The molecule has 5 nitrogen and oxygen atoms in total. The molecule has 0 radical (unpaired) electrons. The standard InChI is InChI=1S/C15H12Cl2N2O3S/c1-22-13-7-12(11(17)6-10(13)14(20)21)19-15(23)18-9-4-2-3-8(16)5-9/h2-7H,1H3,(H,20,21)(H2,18,19,23). The van der Waals surface area contributed by atoms with Gasteiger partial charge >= 0.3 is 5.97 Å². The van der Waals surface area contributed by atoms with Crippen LogP contribution in [0.5, 0.6) is 5.75 Å². The summed E-state index contributed by atoms with van der Waals surface area (Å²) in [5, 5.41) is 16.0. The average molecular weight is 371 g/mol. The number of rotatable bonds is 4. The SMILES string of the molecule is COc1cc(NC(=S)Nc2cccc(Cl)c2)c(Cl)cc1C(=O)O. The molecular formula is C15H12Cl2N2O3S. The molecule has 0 aromatic heterocycles. The maximum atomic E-state index is 11.1. The maximum Gasteiger partial charge on any atom is 0.339 e. The van der Waals surface area contributed by atoms with Crippen molar-refractivity contribution in [3.8, 4) is 5.75 Å². The van der Waals surface area contributed by atoms with E-state index >= 15 is 0 Å². The highest BCUT2D eigenvalue weighted by Crippen LogP contribution is 2.31. The molecule has 120 valence electrons. The van der Waals surface area contributed by atoms with Gasteiger partial charge in [-0.15, -0.1) is 0 Å². The largest absolute Gasteiger partial charge is 0.496 e. The highest BCUT2D eigenvalue weighted by molar-refractivity contribution is 7.80. The number of nitrogens with one attached hydrogen (secondary N) is 2. The summed E-state index contributed by atoms with van der Waals surface area (Å²) in [7, 11) is 1.38.